The van der Waals surface area contributed by atoms with E-state index in [1.165, 1.54) is 6.92 Å². The van der Waals surface area contributed by atoms with Crippen LogP contribution >= 0.6 is 0 Å². The molecule has 3 heterocycles. The Morgan fingerprint density at radius 2 is 1.15 bits per heavy atom. The van der Waals surface area contributed by atoms with Gasteiger partial charge in [0.25, 0.3) is 0 Å². The molecule has 0 aromatic carbocycles. The van der Waals surface area contributed by atoms with Crippen molar-refractivity contribution >= 4 is 23.5 Å². The number of ketones is 1. The number of hydrogen-bond donors (Lipinski definition) is 0. The lowest BCUT2D eigenvalue weighted by atomic mass is 10.1. The Hall–Kier alpha value is -1.92. The van der Waals surface area contributed by atoms with E-state index < -0.39 is 12.1 Å². The number of rotatable bonds is 4. The van der Waals surface area contributed by atoms with E-state index in [0.717, 1.165) is 19.3 Å². The molecule has 3 aliphatic heterocycles. The topological polar surface area (TPSA) is 78.0 Å². The first-order valence-corrected chi connectivity index (χ1v) is 9.86. The highest BCUT2D eigenvalue weighted by Crippen LogP contribution is 2.28. The Balaban J connectivity index is 1.73. The number of amides is 3. The standard InChI is InChI=1S/C19H29N3O4/c1-3-17(24)20-10-5-8-15(20)18(25)22-12-6-9-16(22)19(26)21-11-4-7-14(21)13(2)23/h14-16H,3-12H2,1-2H3. The highest BCUT2D eigenvalue weighted by Gasteiger charge is 2.44. The van der Waals surface area contributed by atoms with Gasteiger partial charge >= 0.3 is 0 Å². The molecular formula is C19H29N3O4. The number of Topliss-reactive ketones (excluding diaryl/α,β-unsaturated/α-hetero) is 1. The van der Waals surface area contributed by atoms with Crippen LogP contribution in [0.15, 0.2) is 0 Å². The van der Waals surface area contributed by atoms with Crippen molar-refractivity contribution in [2.75, 3.05) is 19.6 Å². The van der Waals surface area contributed by atoms with E-state index in [1.807, 2.05) is 0 Å². The maximum atomic E-state index is 13.1. The minimum absolute atomic E-state index is 0.000824. The quantitative estimate of drug-likeness (QED) is 0.745. The molecule has 0 radical (unpaired) electrons. The summed E-state index contributed by atoms with van der Waals surface area (Å²) in [5, 5.41) is 0. The summed E-state index contributed by atoms with van der Waals surface area (Å²) in [4.78, 5) is 55.2. The Labute approximate surface area is 154 Å². The van der Waals surface area contributed by atoms with E-state index >= 15 is 0 Å². The zero-order valence-electron chi connectivity index (χ0n) is 15.8. The molecule has 26 heavy (non-hydrogen) atoms. The molecule has 3 aliphatic rings. The van der Waals surface area contributed by atoms with Gasteiger partial charge in [-0.05, 0) is 45.4 Å². The lowest BCUT2D eigenvalue weighted by Crippen LogP contribution is -2.54. The molecule has 7 heteroatoms. The molecule has 3 fully saturated rings. The maximum Gasteiger partial charge on any atom is 0.246 e. The van der Waals surface area contributed by atoms with Gasteiger partial charge < -0.3 is 14.7 Å². The zero-order chi connectivity index (χ0) is 18.8. The fourth-order valence-electron chi connectivity index (χ4n) is 4.65. The van der Waals surface area contributed by atoms with Gasteiger partial charge in [-0.25, -0.2) is 0 Å². The highest BCUT2D eigenvalue weighted by molar-refractivity contribution is 5.95. The fraction of sp³-hybridized carbons (Fsp3) is 0.789. The van der Waals surface area contributed by atoms with Crippen LogP contribution in [0.25, 0.3) is 0 Å². The Morgan fingerprint density at radius 3 is 1.65 bits per heavy atom. The lowest BCUT2D eigenvalue weighted by molar-refractivity contribution is -0.150. The molecule has 3 atom stereocenters. The fourth-order valence-corrected chi connectivity index (χ4v) is 4.65. The summed E-state index contributed by atoms with van der Waals surface area (Å²) >= 11 is 0. The molecular weight excluding hydrogens is 334 g/mol. The minimum atomic E-state index is -0.485. The summed E-state index contributed by atoms with van der Waals surface area (Å²) in [7, 11) is 0. The largest absolute Gasteiger partial charge is 0.331 e. The average Bonchev–Trinajstić information content (AvgIpc) is 3.39. The van der Waals surface area contributed by atoms with Crippen molar-refractivity contribution in [3.05, 3.63) is 0 Å². The molecule has 0 spiro atoms. The first-order valence-electron chi connectivity index (χ1n) is 9.86. The van der Waals surface area contributed by atoms with Crippen LogP contribution in [-0.2, 0) is 19.2 Å². The highest BCUT2D eigenvalue weighted by atomic mass is 16.2. The van der Waals surface area contributed by atoms with E-state index in [2.05, 4.69) is 0 Å². The number of likely N-dealkylation sites (tertiary alicyclic amines) is 3. The summed E-state index contributed by atoms with van der Waals surface area (Å²) < 4.78 is 0. The van der Waals surface area contributed by atoms with Gasteiger partial charge in [0.15, 0.2) is 5.78 Å². The Morgan fingerprint density at radius 1 is 0.731 bits per heavy atom. The third kappa shape index (κ3) is 3.35. The molecule has 0 aliphatic carbocycles. The van der Waals surface area contributed by atoms with E-state index in [4.69, 9.17) is 0 Å². The maximum absolute atomic E-state index is 13.1. The van der Waals surface area contributed by atoms with Crippen LogP contribution < -0.4 is 0 Å². The van der Waals surface area contributed by atoms with Crippen LogP contribution in [0.3, 0.4) is 0 Å². The van der Waals surface area contributed by atoms with Crippen molar-refractivity contribution in [2.45, 2.75) is 76.9 Å². The number of nitrogens with zero attached hydrogens (tertiary/aromatic N) is 3. The first kappa shape index (κ1) is 18.9. The summed E-state index contributed by atoms with van der Waals surface area (Å²) in [5.41, 5.74) is 0. The second-order valence-electron chi connectivity index (χ2n) is 7.59. The molecule has 7 nitrogen and oxygen atoms in total. The van der Waals surface area contributed by atoms with Gasteiger partial charge in [-0.2, -0.15) is 0 Å². The Bertz CT molecular complexity index is 606. The molecule has 0 aromatic heterocycles. The smallest absolute Gasteiger partial charge is 0.246 e. The second kappa shape index (κ2) is 7.76. The van der Waals surface area contributed by atoms with Gasteiger partial charge in [0.2, 0.25) is 17.7 Å². The Kier molecular flexibility index (Phi) is 5.63. The first-order chi connectivity index (χ1) is 12.5. The van der Waals surface area contributed by atoms with Crippen LogP contribution in [0.1, 0.15) is 58.8 Å². The van der Waals surface area contributed by atoms with Gasteiger partial charge in [-0.3, -0.25) is 19.2 Å². The minimum Gasteiger partial charge on any atom is -0.331 e. The number of carbonyl (C=O) groups is 4. The van der Waals surface area contributed by atoms with Gasteiger partial charge in [0.05, 0.1) is 6.04 Å². The number of carbonyl (C=O) groups excluding carboxylic acids is 4. The molecule has 0 bridgehead atoms. The van der Waals surface area contributed by atoms with Crippen molar-refractivity contribution in [2.24, 2.45) is 0 Å². The second-order valence-corrected chi connectivity index (χ2v) is 7.59. The van der Waals surface area contributed by atoms with Crippen molar-refractivity contribution in [1.29, 1.82) is 0 Å². The molecule has 0 N–H and O–H groups in total. The molecule has 3 unspecified atom stereocenters. The van der Waals surface area contributed by atoms with Gasteiger partial charge in [-0.1, -0.05) is 6.92 Å². The zero-order valence-corrected chi connectivity index (χ0v) is 15.8. The van der Waals surface area contributed by atoms with Crippen molar-refractivity contribution in [3.8, 4) is 0 Å². The van der Waals surface area contributed by atoms with Crippen LogP contribution in [0, 0.1) is 0 Å². The molecule has 144 valence electrons. The summed E-state index contributed by atoms with van der Waals surface area (Å²) in [5.74, 6) is -0.181. The van der Waals surface area contributed by atoms with Gasteiger partial charge in [0, 0.05) is 26.1 Å². The molecule has 3 saturated heterocycles. The lowest BCUT2D eigenvalue weighted by Gasteiger charge is -2.33. The van der Waals surface area contributed by atoms with Crippen LogP contribution in [-0.4, -0.2) is 76.0 Å². The normalized spacial score (nSPS) is 28.7. The van der Waals surface area contributed by atoms with Crippen molar-refractivity contribution < 1.29 is 19.2 Å². The third-order valence-corrected chi connectivity index (χ3v) is 5.99. The predicted molar refractivity (Wildman–Crippen MR) is 95.2 cm³/mol. The predicted octanol–water partition coefficient (Wildman–Crippen LogP) is 0.958. The van der Waals surface area contributed by atoms with Crippen LogP contribution in [0.2, 0.25) is 0 Å². The van der Waals surface area contributed by atoms with Crippen LogP contribution in [0.5, 0.6) is 0 Å². The summed E-state index contributed by atoms with van der Waals surface area (Å²) in [6.45, 7) is 5.10. The monoisotopic (exact) mass is 363 g/mol. The molecule has 3 rings (SSSR count). The van der Waals surface area contributed by atoms with Crippen LogP contribution in [0.4, 0.5) is 0 Å². The molecule has 3 amide bonds. The number of hydrogen-bond acceptors (Lipinski definition) is 4. The van der Waals surface area contributed by atoms with E-state index in [-0.39, 0.29) is 29.5 Å². The molecule has 0 saturated carbocycles. The molecule has 0 aromatic rings. The summed E-state index contributed by atoms with van der Waals surface area (Å²) in [6.07, 6.45) is 4.85. The van der Waals surface area contributed by atoms with E-state index in [0.29, 0.717) is 45.3 Å². The van der Waals surface area contributed by atoms with E-state index in [1.54, 1.807) is 21.6 Å². The summed E-state index contributed by atoms with van der Waals surface area (Å²) in [6, 6.07) is -1.26. The van der Waals surface area contributed by atoms with Gasteiger partial charge in [0.1, 0.15) is 12.1 Å². The third-order valence-electron chi connectivity index (χ3n) is 5.99. The van der Waals surface area contributed by atoms with Gasteiger partial charge in [-0.15, -0.1) is 0 Å². The average molecular weight is 363 g/mol. The van der Waals surface area contributed by atoms with Crippen molar-refractivity contribution in [1.82, 2.24) is 14.7 Å². The SMILES string of the molecule is CCC(=O)N1CCCC1C(=O)N1CCCC1C(=O)N1CCCC1C(C)=O. The van der Waals surface area contributed by atoms with Crippen molar-refractivity contribution in [3.63, 3.8) is 0 Å². The van der Waals surface area contributed by atoms with E-state index in [9.17, 15) is 19.2 Å².